The molecular formula is C12H17N5. The van der Waals surface area contributed by atoms with Crippen LogP contribution in [0.5, 0.6) is 0 Å². The molecule has 0 unspecified atom stereocenters. The Balaban J connectivity index is 1.90. The summed E-state index contributed by atoms with van der Waals surface area (Å²) in [5.41, 5.74) is 13.4. The van der Waals surface area contributed by atoms with Crippen molar-refractivity contribution in [2.75, 3.05) is 12.3 Å². The van der Waals surface area contributed by atoms with Crippen LogP contribution in [0.4, 0.5) is 5.82 Å². The molecule has 3 rings (SSSR count). The number of rotatable bonds is 3. The van der Waals surface area contributed by atoms with Gasteiger partial charge in [-0.3, -0.25) is 0 Å². The highest BCUT2D eigenvalue weighted by atomic mass is 15.0. The lowest BCUT2D eigenvalue weighted by molar-refractivity contribution is 0.142. The second kappa shape index (κ2) is 3.70. The molecule has 2 aromatic heterocycles. The number of aromatic amines is 1. The van der Waals surface area contributed by atoms with Crippen molar-refractivity contribution in [1.82, 2.24) is 15.0 Å². The van der Waals surface area contributed by atoms with Gasteiger partial charge in [0.1, 0.15) is 11.6 Å². The Hall–Kier alpha value is -1.62. The summed E-state index contributed by atoms with van der Waals surface area (Å²) in [7, 11) is 0. The molecule has 0 saturated heterocycles. The number of hydrogen-bond acceptors (Lipinski definition) is 4. The number of nitrogens with two attached hydrogens (primary N) is 2. The van der Waals surface area contributed by atoms with Gasteiger partial charge in [-0.1, -0.05) is 6.42 Å². The number of hydrogen-bond donors (Lipinski definition) is 3. The van der Waals surface area contributed by atoms with Crippen LogP contribution in [0.25, 0.3) is 11.2 Å². The molecule has 17 heavy (non-hydrogen) atoms. The SMILES string of the molecule is NCC1(Cc2nc3nc(N)ccc3[nH]2)CCC1. The van der Waals surface area contributed by atoms with Gasteiger partial charge in [0.25, 0.3) is 0 Å². The molecule has 1 saturated carbocycles. The van der Waals surface area contributed by atoms with Crippen LogP contribution in [0.1, 0.15) is 25.1 Å². The molecule has 0 bridgehead atoms. The minimum atomic E-state index is 0.263. The zero-order valence-electron chi connectivity index (χ0n) is 9.74. The van der Waals surface area contributed by atoms with Crippen LogP contribution < -0.4 is 11.5 Å². The monoisotopic (exact) mass is 231 g/mol. The van der Waals surface area contributed by atoms with E-state index in [-0.39, 0.29) is 5.41 Å². The maximum Gasteiger partial charge on any atom is 0.179 e. The van der Waals surface area contributed by atoms with Crippen molar-refractivity contribution in [2.45, 2.75) is 25.7 Å². The van der Waals surface area contributed by atoms with E-state index in [1.54, 1.807) is 6.07 Å². The molecule has 5 nitrogen and oxygen atoms in total. The van der Waals surface area contributed by atoms with E-state index in [1.807, 2.05) is 6.07 Å². The van der Waals surface area contributed by atoms with E-state index in [4.69, 9.17) is 11.5 Å². The van der Waals surface area contributed by atoms with Crippen molar-refractivity contribution >= 4 is 17.0 Å². The lowest BCUT2D eigenvalue weighted by atomic mass is 9.66. The maximum atomic E-state index is 5.86. The topological polar surface area (TPSA) is 93.6 Å². The Morgan fingerprint density at radius 2 is 2.12 bits per heavy atom. The molecule has 5 heteroatoms. The second-order valence-electron chi connectivity index (χ2n) is 5.03. The van der Waals surface area contributed by atoms with E-state index in [0.29, 0.717) is 11.5 Å². The van der Waals surface area contributed by atoms with E-state index >= 15 is 0 Å². The number of anilines is 1. The lowest BCUT2D eigenvalue weighted by Gasteiger charge is -2.40. The Kier molecular flexibility index (Phi) is 2.29. The van der Waals surface area contributed by atoms with Gasteiger partial charge in [0.05, 0.1) is 5.52 Å². The zero-order valence-corrected chi connectivity index (χ0v) is 9.74. The average Bonchev–Trinajstić information content (AvgIpc) is 2.65. The van der Waals surface area contributed by atoms with Crippen molar-refractivity contribution < 1.29 is 0 Å². The fourth-order valence-electron chi connectivity index (χ4n) is 2.53. The first-order valence-electron chi connectivity index (χ1n) is 6.02. The highest BCUT2D eigenvalue weighted by Gasteiger charge is 2.36. The van der Waals surface area contributed by atoms with Crippen LogP contribution in [-0.4, -0.2) is 21.5 Å². The van der Waals surface area contributed by atoms with Crippen LogP contribution in [-0.2, 0) is 6.42 Å². The van der Waals surface area contributed by atoms with Crippen molar-refractivity contribution in [3.63, 3.8) is 0 Å². The van der Waals surface area contributed by atoms with Crippen LogP contribution >= 0.6 is 0 Å². The largest absolute Gasteiger partial charge is 0.384 e. The molecule has 90 valence electrons. The van der Waals surface area contributed by atoms with Gasteiger partial charge in [-0.15, -0.1) is 0 Å². The van der Waals surface area contributed by atoms with Gasteiger partial charge in [-0.05, 0) is 36.9 Å². The van der Waals surface area contributed by atoms with Crippen LogP contribution in [0, 0.1) is 5.41 Å². The standard InChI is InChI=1S/C12H17N5/c13-7-12(4-1-5-12)6-10-15-8-2-3-9(14)16-11(8)17-10/h2-3H,1,4-7,13H2,(H3,14,15,16,17). The molecule has 2 heterocycles. The number of H-pyrrole nitrogens is 1. The van der Waals surface area contributed by atoms with E-state index in [1.165, 1.54) is 19.3 Å². The fourth-order valence-corrected chi connectivity index (χ4v) is 2.53. The molecule has 5 N–H and O–H groups in total. The molecule has 0 spiro atoms. The van der Waals surface area contributed by atoms with E-state index in [2.05, 4.69) is 15.0 Å². The molecule has 1 aliphatic rings. The normalized spacial score (nSPS) is 18.2. The summed E-state index contributed by atoms with van der Waals surface area (Å²) < 4.78 is 0. The predicted octanol–water partition coefficient (Wildman–Crippen LogP) is 1.21. The molecular weight excluding hydrogens is 214 g/mol. The predicted molar refractivity (Wildman–Crippen MR) is 67.3 cm³/mol. The number of nitrogens with zero attached hydrogens (tertiary/aromatic N) is 2. The van der Waals surface area contributed by atoms with E-state index < -0.39 is 0 Å². The molecule has 1 aliphatic carbocycles. The van der Waals surface area contributed by atoms with Crippen LogP contribution in [0.2, 0.25) is 0 Å². The van der Waals surface area contributed by atoms with Gasteiger partial charge in [-0.2, -0.15) is 0 Å². The summed E-state index contributed by atoms with van der Waals surface area (Å²) in [4.78, 5) is 12.0. The minimum Gasteiger partial charge on any atom is -0.384 e. The third kappa shape index (κ3) is 1.76. The number of imidazole rings is 1. The van der Waals surface area contributed by atoms with Gasteiger partial charge in [0.15, 0.2) is 5.65 Å². The Labute approximate surface area is 99.6 Å². The molecule has 0 aromatic carbocycles. The highest BCUT2D eigenvalue weighted by molar-refractivity contribution is 5.72. The number of fused-ring (bicyclic) bond motifs is 1. The zero-order chi connectivity index (χ0) is 11.9. The molecule has 0 atom stereocenters. The second-order valence-corrected chi connectivity index (χ2v) is 5.03. The van der Waals surface area contributed by atoms with Gasteiger partial charge in [0.2, 0.25) is 0 Å². The van der Waals surface area contributed by atoms with Crippen LogP contribution in [0.15, 0.2) is 12.1 Å². The van der Waals surface area contributed by atoms with E-state index in [9.17, 15) is 0 Å². The van der Waals surface area contributed by atoms with Gasteiger partial charge < -0.3 is 16.5 Å². The third-order valence-electron chi connectivity index (χ3n) is 3.81. The third-order valence-corrected chi connectivity index (χ3v) is 3.81. The quantitative estimate of drug-likeness (QED) is 0.740. The highest BCUT2D eigenvalue weighted by Crippen LogP contribution is 2.42. The van der Waals surface area contributed by atoms with Crippen molar-refractivity contribution in [3.05, 3.63) is 18.0 Å². The average molecular weight is 231 g/mol. The van der Waals surface area contributed by atoms with Crippen molar-refractivity contribution in [3.8, 4) is 0 Å². The first-order chi connectivity index (χ1) is 8.21. The van der Waals surface area contributed by atoms with Crippen molar-refractivity contribution in [2.24, 2.45) is 11.1 Å². The summed E-state index contributed by atoms with van der Waals surface area (Å²) in [5.74, 6) is 1.48. The molecule has 2 aromatic rings. The van der Waals surface area contributed by atoms with Crippen molar-refractivity contribution in [1.29, 1.82) is 0 Å². The Bertz CT molecular complexity index is 535. The summed E-state index contributed by atoms with van der Waals surface area (Å²) >= 11 is 0. The fraction of sp³-hybridized carbons (Fsp3) is 0.500. The molecule has 0 aliphatic heterocycles. The Morgan fingerprint density at radius 3 is 2.76 bits per heavy atom. The summed E-state index contributed by atoms with van der Waals surface area (Å²) in [6.45, 7) is 0.736. The van der Waals surface area contributed by atoms with E-state index in [0.717, 1.165) is 24.3 Å². The Morgan fingerprint density at radius 1 is 1.29 bits per heavy atom. The maximum absolute atomic E-state index is 5.86. The summed E-state index contributed by atoms with van der Waals surface area (Å²) in [6, 6.07) is 3.70. The number of aromatic nitrogens is 3. The lowest BCUT2D eigenvalue weighted by Crippen LogP contribution is -2.39. The molecule has 0 amide bonds. The van der Waals surface area contributed by atoms with Gasteiger partial charge >= 0.3 is 0 Å². The summed E-state index contributed by atoms with van der Waals surface area (Å²) in [5, 5.41) is 0. The smallest absolute Gasteiger partial charge is 0.179 e. The first kappa shape index (κ1) is 10.5. The number of pyridine rings is 1. The minimum absolute atomic E-state index is 0.263. The molecule has 0 radical (unpaired) electrons. The van der Waals surface area contributed by atoms with Crippen LogP contribution in [0.3, 0.4) is 0 Å². The first-order valence-corrected chi connectivity index (χ1v) is 6.02. The van der Waals surface area contributed by atoms with Gasteiger partial charge in [-0.25, -0.2) is 9.97 Å². The number of nitrogens with one attached hydrogen (secondary N) is 1. The van der Waals surface area contributed by atoms with Gasteiger partial charge in [0, 0.05) is 6.42 Å². The summed E-state index contributed by atoms with van der Waals surface area (Å²) in [6.07, 6.45) is 4.61. The number of nitrogen functional groups attached to an aromatic ring is 1. The molecule has 1 fully saturated rings.